The van der Waals surface area contributed by atoms with Crippen molar-refractivity contribution in [3.05, 3.63) is 82.5 Å². The molecule has 4 aromatic rings. The third kappa shape index (κ3) is 4.50. The van der Waals surface area contributed by atoms with Crippen molar-refractivity contribution >= 4 is 34.9 Å². The highest BCUT2D eigenvalue weighted by molar-refractivity contribution is 6.31. The van der Waals surface area contributed by atoms with Gasteiger partial charge in [0.15, 0.2) is 5.65 Å². The van der Waals surface area contributed by atoms with Crippen molar-refractivity contribution in [1.82, 2.24) is 24.8 Å². The van der Waals surface area contributed by atoms with Crippen LogP contribution in [0.4, 0.5) is 28.0 Å². The van der Waals surface area contributed by atoms with Crippen molar-refractivity contribution in [3.63, 3.8) is 0 Å². The molecule has 1 unspecified atom stereocenters. The summed E-state index contributed by atoms with van der Waals surface area (Å²) < 4.78 is 55.6. The molecule has 1 saturated heterocycles. The molecule has 0 spiro atoms. The minimum absolute atomic E-state index is 0.102. The average molecular weight is 575 g/mol. The molecule has 3 N–H and O–H groups in total. The van der Waals surface area contributed by atoms with Crippen molar-refractivity contribution in [2.24, 2.45) is 5.92 Å². The molecule has 0 bridgehead atoms. The van der Waals surface area contributed by atoms with Crippen molar-refractivity contribution in [2.75, 3.05) is 18.4 Å². The number of fused-ring (bicyclic) bond motifs is 2. The van der Waals surface area contributed by atoms with E-state index < -0.39 is 55.1 Å². The minimum Gasteiger partial charge on any atom is -0.391 e. The SMILES string of the molecule is O=C1NC(c2cc(F)ccc2Cl)c2c(NC(=O)N3C[C@@H](C(F)(F)F)[C@@H](O)C3)cc(-c3ccc4ncnn4c3)cc21. The molecule has 206 valence electrons. The monoisotopic (exact) mass is 574 g/mol. The molecule has 3 atom stereocenters. The molecule has 2 aliphatic heterocycles. The lowest BCUT2D eigenvalue weighted by molar-refractivity contribution is -0.188. The van der Waals surface area contributed by atoms with E-state index in [1.54, 1.807) is 30.5 Å². The maximum absolute atomic E-state index is 14.2. The number of pyridine rings is 1. The van der Waals surface area contributed by atoms with Crippen LogP contribution in [0.5, 0.6) is 0 Å². The molecule has 9 nitrogen and oxygen atoms in total. The maximum Gasteiger partial charge on any atom is 0.396 e. The Hall–Kier alpha value is -4.23. The first-order valence-corrected chi connectivity index (χ1v) is 12.4. The van der Waals surface area contributed by atoms with Gasteiger partial charge in [0.25, 0.3) is 5.91 Å². The number of hydrogen-bond acceptors (Lipinski definition) is 5. The number of aromatic nitrogens is 3. The summed E-state index contributed by atoms with van der Waals surface area (Å²) in [4.78, 5) is 31.3. The first-order valence-electron chi connectivity index (χ1n) is 12.0. The normalized spacial score (nSPS) is 20.6. The minimum atomic E-state index is -4.69. The Kier molecular flexibility index (Phi) is 6.15. The van der Waals surface area contributed by atoms with Gasteiger partial charge in [-0.15, -0.1) is 0 Å². The lowest BCUT2D eigenvalue weighted by atomic mass is 9.93. The third-order valence-electron chi connectivity index (χ3n) is 7.10. The molecule has 0 aliphatic carbocycles. The van der Waals surface area contributed by atoms with Gasteiger partial charge in [-0.2, -0.15) is 18.3 Å². The second-order valence-electron chi connectivity index (χ2n) is 9.59. The number of likely N-dealkylation sites (tertiary alicyclic amines) is 1. The van der Waals surface area contributed by atoms with Gasteiger partial charge >= 0.3 is 12.2 Å². The van der Waals surface area contributed by atoms with Crippen LogP contribution in [0.15, 0.2) is 55.0 Å². The van der Waals surface area contributed by atoms with E-state index in [-0.39, 0.29) is 27.4 Å². The number of aliphatic hydroxyl groups is 1. The highest BCUT2D eigenvalue weighted by atomic mass is 35.5. The molecule has 6 rings (SSSR count). The quantitative estimate of drug-likeness (QED) is 0.314. The number of aliphatic hydroxyl groups excluding tert-OH is 1. The number of halogens is 5. The van der Waals surface area contributed by atoms with Crippen LogP contribution in [0.25, 0.3) is 16.8 Å². The number of rotatable bonds is 3. The number of carbonyl (C=O) groups excluding carboxylic acids is 2. The van der Waals surface area contributed by atoms with Crippen LogP contribution >= 0.6 is 11.6 Å². The van der Waals surface area contributed by atoms with Crippen LogP contribution in [0, 0.1) is 11.7 Å². The first-order chi connectivity index (χ1) is 19.0. The van der Waals surface area contributed by atoms with Crippen molar-refractivity contribution < 1.29 is 32.3 Å². The van der Waals surface area contributed by atoms with E-state index in [9.17, 15) is 32.3 Å². The van der Waals surface area contributed by atoms with Gasteiger partial charge in [0, 0.05) is 52.3 Å². The fourth-order valence-electron chi connectivity index (χ4n) is 5.13. The lowest BCUT2D eigenvalue weighted by Crippen LogP contribution is -2.35. The first kappa shape index (κ1) is 26.0. The maximum atomic E-state index is 14.2. The molecular weight excluding hydrogens is 556 g/mol. The van der Waals surface area contributed by atoms with Gasteiger partial charge in [-0.05, 0) is 48.0 Å². The van der Waals surface area contributed by atoms with E-state index in [2.05, 4.69) is 20.7 Å². The summed E-state index contributed by atoms with van der Waals surface area (Å²) in [5.41, 5.74) is 2.42. The summed E-state index contributed by atoms with van der Waals surface area (Å²) in [6, 6.07) is 8.37. The van der Waals surface area contributed by atoms with E-state index in [0.29, 0.717) is 16.8 Å². The Labute approximate surface area is 228 Å². The summed E-state index contributed by atoms with van der Waals surface area (Å²) in [6.45, 7) is -1.27. The zero-order valence-corrected chi connectivity index (χ0v) is 21.0. The van der Waals surface area contributed by atoms with Gasteiger partial charge < -0.3 is 20.6 Å². The second kappa shape index (κ2) is 9.45. The Balaban J connectivity index is 1.44. The number of β-amino-alcohol motifs (C(OH)–C–C–N with tert-alkyl or cyclic N) is 1. The van der Waals surface area contributed by atoms with Crippen LogP contribution < -0.4 is 10.6 Å². The van der Waals surface area contributed by atoms with Gasteiger partial charge in [0.1, 0.15) is 18.1 Å². The average Bonchev–Trinajstić information content (AvgIpc) is 3.62. The summed E-state index contributed by atoms with van der Waals surface area (Å²) in [6.07, 6.45) is -3.44. The number of alkyl halides is 3. The molecule has 3 amide bonds. The molecule has 1 fully saturated rings. The number of anilines is 1. The molecule has 14 heteroatoms. The topological polar surface area (TPSA) is 112 Å². The van der Waals surface area contributed by atoms with Crippen LogP contribution in [-0.4, -0.2) is 61.9 Å². The molecule has 0 saturated carbocycles. The molecule has 0 radical (unpaired) electrons. The summed E-state index contributed by atoms with van der Waals surface area (Å²) in [5.74, 6) is -3.21. The molecule has 2 aromatic carbocycles. The van der Waals surface area contributed by atoms with E-state index >= 15 is 0 Å². The van der Waals surface area contributed by atoms with Gasteiger partial charge in [-0.3, -0.25) is 4.79 Å². The summed E-state index contributed by atoms with van der Waals surface area (Å²) in [5, 5.41) is 19.6. The van der Waals surface area contributed by atoms with Crippen LogP contribution in [-0.2, 0) is 0 Å². The molecule has 2 aliphatic rings. The van der Waals surface area contributed by atoms with Gasteiger partial charge in [-0.1, -0.05) is 11.6 Å². The van der Waals surface area contributed by atoms with Crippen LogP contribution in [0.2, 0.25) is 5.02 Å². The molecular formula is C26H19ClF4N6O3. The predicted octanol–water partition coefficient (Wildman–Crippen LogP) is 4.41. The zero-order chi connectivity index (χ0) is 28.3. The molecule has 4 heterocycles. The largest absolute Gasteiger partial charge is 0.396 e. The summed E-state index contributed by atoms with van der Waals surface area (Å²) in [7, 11) is 0. The number of nitrogens with zero attached hydrogens (tertiary/aromatic N) is 4. The van der Waals surface area contributed by atoms with Crippen molar-refractivity contribution in [2.45, 2.75) is 18.3 Å². The Bertz CT molecular complexity index is 1680. The fourth-order valence-corrected chi connectivity index (χ4v) is 5.36. The number of carbonyl (C=O) groups is 2. The highest BCUT2D eigenvalue weighted by Gasteiger charge is 2.50. The predicted molar refractivity (Wildman–Crippen MR) is 135 cm³/mol. The van der Waals surface area contributed by atoms with E-state index in [1.807, 2.05) is 0 Å². The van der Waals surface area contributed by atoms with Gasteiger partial charge in [0.2, 0.25) is 0 Å². The van der Waals surface area contributed by atoms with Crippen LogP contribution in [0.1, 0.15) is 27.5 Å². The number of urea groups is 1. The zero-order valence-electron chi connectivity index (χ0n) is 20.3. The lowest BCUT2D eigenvalue weighted by Gasteiger charge is -2.22. The fraction of sp³-hybridized carbons (Fsp3) is 0.231. The highest BCUT2D eigenvalue weighted by Crippen LogP contribution is 2.42. The Morgan fingerprint density at radius 2 is 1.93 bits per heavy atom. The van der Waals surface area contributed by atoms with Gasteiger partial charge in [0.05, 0.1) is 12.1 Å². The third-order valence-corrected chi connectivity index (χ3v) is 7.45. The number of benzene rings is 2. The summed E-state index contributed by atoms with van der Waals surface area (Å²) >= 11 is 6.34. The number of amides is 3. The molecule has 40 heavy (non-hydrogen) atoms. The molecule has 2 aromatic heterocycles. The Morgan fingerprint density at radius 1 is 1.12 bits per heavy atom. The van der Waals surface area contributed by atoms with Crippen LogP contribution in [0.3, 0.4) is 0 Å². The smallest absolute Gasteiger partial charge is 0.391 e. The van der Waals surface area contributed by atoms with Gasteiger partial charge in [-0.25, -0.2) is 18.7 Å². The standard InChI is InChI=1S/C26H19ClF4N6O3/c27-18-3-2-14(28)7-15(18)23-22-16(24(39)35-23)5-13(12-1-4-21-32-11-33-37(21)8-12)6-19(22)34-25(40)36-9-17(20(38)10-36)26(29,30)31/h1-8,11,17,20,23,38H,9-10H2,(H,34,40)(H,35,39)/t17-,20+,23?/m1/s1. The number of nitrogens with one attached hydrogen (secondary N) is 2. The second-order valence-corrected chi connectivity index (χ2v) is 10.00. The van der Waals surface area contributed by atoms with E-state index in [4.69, 9.17) is 11.6 Å². The van der Waals surface area contributed by atoms with Crippen molar-refractivity contribution in [1.29, 1.82) is 0 Å². The van der Waals surface area contributed by atoms with E-state index in [0.717, 1.165) is 17.0 Å². The van der Waals surface area contributed by atoms with E-state index in [1.165, 1.54) is 16.9 Å². The van der Waals surface area contributed by atoms with Crippen molar-refractivity contribution in [3.8, 4) is 11.1 Å². The number of hydrogen-bond donors (Lipinski definition) is 3. The Morgan fingerprint density at radius 3 is 2.67 bits per heavy atom.